The lowest BCUT2D eigenvalue weighted by Crippen LogP contribution is -2.29. The molecule has 0 aliphatic heterocycles. The number of aromatic amines is 1. The number of aromatic nitrogens is 1. The molecule has 128 valence electrons. The zero-order chi connectivity index (χ0) is 18.0. The molecule has 0 saturated carbocycles. The third-order valence-corrected chi connectivity index (χ3v) is 4.18. The maximum absolute atomic E-state index is 12.7. The molecule has 3 rings (SSSR count). The van der Waals surface area contributed by atoms with Crippen molar-refractivity contribution in [3.8, 4) is 5.75 Å². The number of hydrogen-bond acceptors (Lipinski definition) is 4. The number of carbonyl (C=O) groups excluding carboxylic acids is 2. The van der Waals surface area contributed by atoms with E-state index in [9.17, 15) is 14.7 Å². The number of carboxylic acids is 1. The number of ether oxygens (including phenoxy) is 1. The fourth-order valence-corrected chi connectivity index (χ4v) is 2.78. The number of carboxylic acid groups (broad SMARTS) is 1. The van der Waals surface area contributed by atoms with Crippen LogP contribution in [-0.2, 0) is 11.2 Å². The van der Waals surface area contributed by atoms with E-state index in [1.54, 1.807) is 62.7 Å². The van der Waals surface area contributed by atoms with Crippen LogP contribution in [0.1, 0.15) is 16.1 Å². The number of H-pyrrole nitrogens is 1. The molecule has 0 saturated heterocycles. The molecule has 0 spiro atoms. The van der Waals surface area contributed by atoms with E-state index >= 15 is 0 Å². The molecule has 0 radical (unpaired) electrons. The molecule has 1 aromatic heterocycles. The highest BCUT2D eigenvalue weighted by Gasteiger charge is 2.18. The summed E-state index contributed by atoms with van der Waals surface area (Å²) in [5, 5.41) is 12.1. The molecule has 1 N–H and O–H groups in total. The minimum Gasteiger partial charge on any atom is -0.543 e. The maximum Gasteiger partial charge on any atom is 0.231 e. The number of carbonyl (C=O) groups is 2. The van der Waals surface area contributed by atoms with Crippen molar-refractivity contribution >= 4 is 28.5 Å². The first-order valence-electron chi connectivity index (χ1n) is 7.72. The number of fused-ring (bicyclic) bond motifs is 1. The molecular weight excluding hydrogens is 320 g/mol. The summed E-state index contributed by atoms with van der Waals surface area (Å²) in [6.45, 7) is 0. The van der Waals surface area contributed by atoms with Crippen molar-refractivity contribution in [3.05, 3.63) is 59.8 Å². The lowest BCUT2D eigenvalue weighted by molar-refractivity contribution is -0.255. The van der Waals surface area contributed by atoms with Crippen molar-refractivity contribution in [3.63, 3.8) is 0 Å². The van der Waals surface area contributed by atoms with Gasteiger partial charge in [0, 0.05) is 23.6 Å². The summed E-state index contributed by atoms with van der Waals surface area (Å²) >= 11 is 0. The standard InChI is InChI=1S/C19H18N2O4/c1-21(12-7-9-13(25-2)10-8-12)17(22)11-15-14-5-3-4-6-16(14)20-18(15)19(23)24/h3-10,20H,11H2,1-2H3,(H,23,24)/p-1. The summed E-state index contributed by atoms with van der Waals surface area (Å²) in [5.74, 6) is -0.857. The van der Waals surface area contributed by atoms with Gasteiger partial charge in [0.25, 0.3) is 0 Å². The molecule has 2 aromatic carbocycles. The summed E-state index contributed by atoms with van der Waals surface area (Å²) in [6.07, 6.45) is -0.0458. The van der Waals surface area contributed by atoms with Crippen LogP contribution in [0.3, 0.4) is 0 Å². The molecule has 0 aliphatic carbocycles. The average Bonchev–Trinajstić information content (AvgIpc) is 3.00. The quantitative estimate of drug-likeness (QED) is 0.768. The van der Waals surface area contributed by atoms with E-state index in [0.29, 0.717) is 27.9 Å². The second-order valence-electron chi connectivity index (χ2n) is 5.64. The van der Waals surface area contributed by atoms with Gasteiger partial charge in [0.15, 0.2) is 0 Å². The van der Waals surface area contributed by atoms with Crippen molar-refractivity contribution < 1.29 is 19.4 Å². The largest absolute Gasteiger partial charge is 0.543 e. The van der Waals surface area contributed by atoms with Crippen molar-refractivity contribution in [2.24, 2.45) is 0 Å². The average molecular weight is 337 g/mol. The van der Waals surface area contributed by atoms with Crippen LogP contribution in [-0.4, -0.2) is 31.0 Å². The Kier molecular flexibility index (Phi) is 4.43. The third-order valence-electron chi connectivity index (χ3n) is 4.18. The minimum absolute atomic E-state index is 0.0458. The molecule has 1 heterocycles. The van der Waals surface area contributed by atoms with Crippen LogP contribution in [0.15, 0.2) is 48.5 Å². The van der Waals surface area contributed by atoms with Gasteiger partial charge in [-0.15, -0.1) is 0 Å². The van der Waals surface area contributed by atoms with Gasteiger partial charge in [-0.3, -0.25) is 4.79 Å². The highest BCUT2D eigenvalue weighted by molar-refractivity contribution is 6.02. The van der Waals surface area contributed by atoms with Gasteiger partial charge in [-0.05, 0) is 35.9 Å². The number of likely N-dealkylation sites (N-methyl/N-ethyl adjacent to an activating group) is 1. The van der Waals surface area contributed by atoms with E-state index < -0.39 is 5.97 Å². The molecular formula is C19H17N2O4-. The lowest BCUT2D eigenvalue weighted by atomic mass is 10.1. The Balaban J connectivity index is 1.90. The third kappa shape index (κ3) is 3.19. The van der Waals surface area contributed by atoms with Gasteiger partial charge in [0.1, 0.15) is 5.75 Å². The summed E-state index contributed by atoms with van der Waals surface area (Å²) in [7, 11) is 3.22. The number of para-hydroxylation sites is 1. The van der Waals surface area contributed by atoms with Gasteiger partial charge in [-0.2, -0.15) is 0 Å². The van der Waals surface area contributed by atoms with Gasteiger partial charge in [0.2, 0.25) is 5.91 Å². The van der Waals surface area contributed by atoms with E-state index in [0.717, 1.165) is 0 Å². The van der Waals surface area contributed by atoms with E-state index in [1.807, 2.05) is 0 Å². The molecule has 0 unspecified atom stereocenters. The number of anilines is 1. The number of nitrogens with zero attached hydrogens (tertiary/aromatic N) is 1. The van der Waals surface area contributed by atoms with Crippen LogP contribution in [0.25, 0.3) is 10.9 Å². The molecule has 6 heteroatoms. The summed E-state index contributed by atoms with van der Waals surface area (Å²) in [4.78, 5) is 28.4. The van der Waals surface area contributed by atoms with Crippen molar-refractivity contribution in [2.45, 2.75) is 6.42 Å². The van der Waals surface area contributed by atoms with Gasteiger partial charge in [0.05, 0.1) is 25.2 Å². The lowest BCUT2D eigenvalue weighted by Gasteiger charge is -2.18. The van der Waals surface area contributed by atoms with E-state index in [-0.39, 0.29) is 18.0 Å². The van der Waals surface area contributed by atoms with Crippen LogP contribution in [0.4, 0.5) is 5.69 Å². The first kappa shape index (κ1) is 16.6. The molecule has 0 bridgehead atoms. The number of benzene rings is 2. The van der Waals surface area contributed by atoms with E-state index in [2.05, 4.69) is 4.98 Å². The Bertz CT molecular complexity index is 928. The fraction of sp³-hybridized carbons (Fsp3) is 0.158. The number of nitrogens with one attached hydrogen (secondary N) is 1. The van der Waals surface area contributed by atoms with Crippen LogP contribution in [0.2, 0.25) is 0 Å². The number of amides is 1. The Labute approximate surface area is 144 Å². The van der Waals surface area contributed by atoms with Crippen LogP contribution in [0, 0.1) is 0 Å². The summed E-state index contributed by atoms with van der Waals surface area (Å²) in [6, 6.07) is 14.2. The van der Waals surface area contributed by atoms with Crippen LogP contribution >= 0.6 is 0 Å². The number of aromatic carboxylic acids is 1. The van der Waals surface area contributed by atoms with Gasteiger partial charge < -0.3 is 24.5 Å². The topological polar surface area (TPSA) is 85.5 Å². The van der Waals surface area contributed by atoms with Crippen molar-refractivity contribution in [2.75, 3.05) is 19.1 Å². The van der Waals surface area contributed by atoms with Crippen LogP contribution in [0.5, 0.6) is 5.75 Å². The Morgan fingerprint density at radius 1 is 1.12 bits per heavy atom. The monoisotopic (exact) mass is 337 g/mol. The van der Waals surface area contributed by atoms with Crippen LogP contribution < -0.4 is 14.7 Å². The van der Waals surface area contributed by atoms with Gasteiger partial charge in [-0.25, -0.2) is 0 Å². The predicted octanol–water partition coefficient (Wildman–Crippen LogP) is 1.75. The first-order valence-corrected chi connectivity index (χ1v) is 7.72. The normalized spacial score (nSPS) is 10.6. The van der Waals surface area contributed by atoms with E-state index in [1.165, 1.54) is 4.90 Å². The first-order chi connectivity index (χ1) is 12.0. The molecule has 25 heavy (non-hydrogen) atoms. The van der Waals surface area contributed by atoms with Gasteiger partial charge in [-0.1, -0.05) is 18.2 Å². The Morgan fingerprint density at radius 3 is 2.44 bits per heavy atom. The molecule has 0 fully saturated rings. The number of hydrogen-bond donors (Lipinski definition) is 1. The molecule has 1 amide bonds. The smallest absolute Gasteiger partial charge is 0.231 e. The van der Waals surface area contributed by atoms with E-state index in [4.69, 9.17) is 4.74 Å². The summed E-state index contributed by atoms with van der Waals surface area (Å²) < 4.78 is 5.11. The summed E-state index contributed by atoms with van der Waals surface area (Å²) in [5.41, 5.74) is 1.73. The highest BCUT2D eigenvalue weighted by atomic mass is 16.5. The Hall–Kier alpha value is -3.28. The second kappa shape index (κ2) is 6.68. The molecule has 6 nitrogen and oxygen atoms in total. The SMILES string of the molecule is COc1ccc(N(C)C(=O)Cc2c(C(=O)[O-])[nH]c3ccccc23)cc1. The minimum atomic E-state index is -1.33. The molecule has 3 aromatic rings. The Morgan fingerprint density at radius 2 is 1.80 bits per heavy atom. The molecule has 0 aliphatic rings. The highest BCUT2D eigenvalue weighted by Crippen LogP contribution is 2.24. The molecule has 0 atom stereocenters. The zero-order valence-corrected chi connectivity index (χ0v) is 13.9. The van der Waals surface area contributed by atoms with Crippen molar-refractivity contribution in [1.82, 2.24) is 4.98 Å². The zero-order valence-electron chi connectivity index (χ0n) is 13.9. The second-order valence-corrected chi connectivity index (χ2v) is 5.64. The van der Waals surface area contributed by atoms with Crippen molar-refractivity contribution in [1.29, 1.82) is 0 Å². The van der Waals surface area contributed by atoms with Gasteiger partial charge >= 0.3 is 0 Å². The predicted molar refractivity (Wildman–Crippen MR) is 92.7 cm³/mol. The fourth-order valence-electron chi connectivity index (χ4n) is 2.78. The maximum atomic E-state index is 12.7. The number of methoxy groups -OCH3 is 1. The number of rotatable bonds is 5.